The number of nitrogens with one attached hydrogen (secondary N) is 1. The number of ether oxygens (including phenoxy) is 1. The Bertz CT molecular complexity index is 1210. The van der Waals surface area contributed by atoms with E-state index in [0.29, 0.717) is 56.3 Å². The minimum Gasteiger partial charge on any atom is -0.379 e. The van der Waals surface area contributed by atoms with E-state index < -0.39 is 14.9 Å². The van der Waals surface area contributed by atoms with Crippen LogP contribution in [0.25, 0.3) is 11.3 Å². The Morgan fingerprint density at radius 1 is 1.03 bits per heavy atom. The largest absolute Gasteiger partial charge is 0.379 e. The van der Waals surface area contributed by atoms with Crippen LogP contribution >= 0.6 is 0 Å². The van der Waals surface area contributed by atoms with E-state index in [1.54, 1.807) is 36.4 Å². The van der Waals surface area contributed by atoms with Crippen LogP contribution in [-0.2, 0) is 21.2 Å². The van der Waals surface area contributed by atoms with Crippen LogP contribution in [0.2, 0.25) is 0 Å². The molecule has 1 saturated heterocycles. The van der Waals surface area contributed by atoms with Gasteiger partial charge in [-0.05, 0) is 36.2 Å². The average Bonchev–Trinajstić information content (AvgIpc) is 2.85. The van der Waals surface area contributed by atoms with E-state index in [2.05, 4.69) is 15.5 Å². The van der Waals surface area contributed by atoms with Crippen molar-refractivity contribution in [1.82, 2.24) is 14.5 Å². The number of aromatic nitrogens is 2. The lowest BCUT2D eigenvalue weighted by molar-refractivity contribution is -0.384. The number of nitrogens with zero attached hydrogens (tertiary/aromatic N) is 4. The van der Waals surface area contributed by atoms with Gasteiger partial charge in [-0.3, -0.25) is 10.1 Å². The van der Waals surface area contributed by atoms with Crippen molar-refractivity contribution in [3.8, 4) is 11.3 Å². The van der Waals surface area contributed by atoms with Crippen molar-refractivity contribution >= 4 is 21.5 Å². The predicted molar refractivity (Wildman–Crippen MR) is 122 cm³/mol. The minimum absolute atomic E-state index is 0.000245. The molecule has 10 nitrogen and oxygen atoms in total. The number of nitro groups is 1. The summed E-state index contributed by atoms with van der Waals surface area (Å²) in [5.74, 6) is 0.579. The molecular weight excluding hydrogens is 446 g/mol. The van der Waals surface area contributed by atoms with Gasteiger partial charge >= 0.3 is 0 Å². The Balaban J connectivity index is 1.32. The van der Waals surface area contributed by atoms with Gasteiger partial charge in [0.2, 0.25) is 10.0 Å². The van der Waals surface area contributed by atoms with Gasteiger partial charge < -0.3 is 10.1 Å². The summed E-state index contributed by atoms with van der Waals surface area (Å²) in [6.45, 7) is 2.15. The van der Waals surface area contributed by atoms with Gasteiger partial charge in [-0.25, -0.2) is 8.42 Å². The smallest absolute Gasteiger partial charge is 0.270 e. The van der Waals surface area contributed by atoms with Crippen LogP contribution in [0.4, 0.5) is 11.5 Å². The van der Waals surface area contributed by atoms with Gasteiger partial charge in [-0.2, -0.15) is 4.31 Å². The van der Waals surface area contributed by atoms with Gasteiger partial charge in [0.25, 0.3) is 5.69 Å². The summed E-state index contributed by atoms with van der Waals surface area (Å²) in [5, 5.41) is 22.4. The molecule has 2 aromatic carbocycles. The van der Waals surface area contributed by atoms with Crippen molar-refractivity contribution in [3.63, 3.8) is 0 Å². The van der Waals surface area contributed by atoms with Gasteiger partial charge in [-0.15, -0.1) is 10.2 Å². The molecule has 0 amide bonds. The summed E-state index contributed by atoms with van der Waals surface area (Å²) in [7, 11) is -3.49. The quantitative estimate of drug-likeness (QED) is 0.394. The second-order valence-electron chi connectivity index (χ2n) is 7.45. The fourth-order valence-corrected chi connectivity index (χ4v) is 4.87. The normalized spacial score (nSPS) is 14.7. The zero-order chi connectivity index (χ0) is 23.3. The van der Waals surface area contributed by atoms with E-state index in [1.165, 1.54) is 16.4 Å². The Morgan fingerprint density at radius 3 is 2.45 bits per heavy atom. The van der Waals surface area contributed by atoms with Crippen molar-refractivity contribution in [2.45, 2.75) is 11.3 Å². The van der Waals surface area contributed by atoms with Crippen molar-refractivity contribution in [2.75, 3.05) is 38.2 Å². The summed E-state index contributed by atoms with van der Waals surface area (Å²) in [6, 6.07) is 16.6. The molecule has 1 aromatic heterocycles. The van der Waals surface area contributed by atoms with Crippen LogP contribution < -0.4 is 5.32 Å². The van der Waals surface area contributed by atoms with E-state index in [1.807, 2.05) is 12.1 Å². The van der Waals surface area contributed by atoms with Crippen LogP contribution in [0.1, 0.15) is 5.56 Å². The zero-order valence-corrected chi connectivity index (χ0v) is 18.6. The molecule has 0 aliphatic carbocycles. The number of benzene rings is 2. The number of hydrogen-bond acceptors (Lipinski definition) is 8. The molecule has 0 unspecified atom stereocenters. The van der Waals surface area contributed by atoms with Gasteiger partial charge in [0, 0.05) is 37.3 Å². The molecule has 1 fully saturated rings. The molecule has 172 valence electrons. The SMILES string of the molecule is O=[N+]([O-])c1cccc(-c2ccc(NCCc3ccc(S(=O)(=O)N4CCOCC4)cc3)nn2)c1. The maximum atomic E-state index is 12.7. The second-order valence-corrected chi connectivity index (χ2v) is 9.39. The molecule has 3 aromatic rings. The molecule has 1 aliphatic heterocycles. The Kier molecular flexibility index (Phi) is 6.92. The first kappa shape index (κ1) is 22.8. The maximum Gasteiger partial charge on any atom is 0.270 e. The first-order valence-electron chi connectivity index (χ1n) is 10.4. The first-order chi connectivity index (χ1) is 15.9. The highest BCUT2D eigenvalue weighted by atomic mass is 32.2. The monoisotopic (exact) mass is 469 g/mol. The number of nitro benzene ring substituents is 1. The molecule has 0 spiro atoms. The Morgan fingerprint density at radius 2 is 1.79 bits per heavy atom. The van der Waals surface area contributed by atoms with Crippen molar-refractivity contribution in [1.29, 1.82) is 0 Å². The molecular formula is C22H23N5O5S. The highest BCUT2D eigenvalue weighted by Gasteiger charge is 2.26. The number of anilines is 1. The molecule has 11 heteroatoms. The number of morpholine rings is 1. The van der Waals surface area contributed by atoms with Crippen molar-refractivity contribution in [3.05, 3.63) is 76.3 Å². The van der Waals surface area contributed by atoms with E-state index in [9.17, 15) is 18.5 Å². The van der Waals surface area contributed by atoms with E-state index >= 15 is 0 Å². The fraction of sp³-hybridized carbons (Fsp3) is 0.273. The van der Waals surface area contributed by atoms with Gasteiger partial charge in [0.05, 0.1) is 28.7 Å². The summed E-state index contributed by atoms with van der Waals surface area (Å²) < 4.78 is 32.1. The second kappa shape index (κ2) is 10.0. The van der Waals surface area contributed by atoms with Crippen LogP contribution in [0.15, 0.2) is 65.6 Å². The highest BCUT2D eigenvalue weighted by Crippen LogP contribution is 2.22. The van der Waals surface area contributed by atoms with Crippen molar-refractivity contribution in [2.24, 2.45) is 0 Å². The van der Waals surface area contributed by atoms with Gasteiger partial charge in [0.15, 0.2) is 0 Å². The van der Waals surface area contributed by atoms with Crippen LogP contribution in [-0.4, -0.2) is 60.7 Å². The highest BCUT2D eigenvalue weighted by molar-refractivity contribution is 7.89. The van der Waals surface area contributed by atoms with Crippen LogP contribution in [0.5, 0.6) is 0 Å². The first-order valence-corrected chi connectivity index (χ1v) is 11.9. The standard InChI is InChI=1S/C22H23N5O5S/c28-27(29)19-3-1-2-18(16-19)21-8-9-22(25-24-21)23-11-10-17-4-6-20(7-5-17)33(30,31)26-12-14-32-15-13-26/h1-9,16H,10-15H2,(H,23,25). The molecule has 33 heavy (non-hydrogen) atoms. The molecule has 1 N–H and O–H groups in total. The van der Waals surface area contributed by atoms with Gasteiger partial charge in [-0.1, -0.05) is 24.3 Å². The van der Waals surface area contributed by atoms with Crippen LogP contribution in [0.3, 0.4) is 0 Å². The minimum atomic E-state index is -3.49. The third-order valence-electron chi connectivity index (χ3n) is 5.27. The molecule has 0 bridgehead atoms. The van der Waals surface area contributed by atoms with Gasteiger partial charge in [0.1, 0.15) is 5.82 Å². The topological polar surface area (TPSA) is 128 Å². The molecule has 0 radical (unpaired) electrons. The number of sulfonamides is 1. The van der Waals surface area contributed by atoms with E-state index in [-0.39, 0.29) is 10.6 Å². The third-order valence-corrected chi connectivity index (χ3v) is 7.18. The lowest BCUT2D eigenvalue weighted by Gasteiger charge is -2.26. The predicted octanol–water partition coefficient (Wildman–Crippen LogP) is 2.73. The number of rotatable bonds is 8. The molecule has 0 atom stereocenters. The Hall–Kier alpha value is -3.41. The van der Waals surface area contributed by atoms with E-state index in [0.717, 1.165) is 5.56 Å². The van der Waals surface area contributed by atoms with E-state index in [4.69, 9.17) is 4.74 Å². The summed E-state index contributed by atoms with van der Waals surface area (Å²) in [5.41, 5.74) is 2.15. The Labute approximate surface area is 191 Å². The maximum absolute atomic E-state index is 12.7. The molecule has 1 aliphatic rings. The average molecular weight is 470 g/mol. The molecule has 4 rings (SSSR count). The summed E-state index contributed by atoms with van der Waals surface area (Å²) >= 11 is 0. The number of hydrogen-bond donors (Lipinski definition) is 1. The third kappa shape index (κ3) is 5.51. The summed E-state index contributed by atoms with van der Waals surface area (Å²) in [4.78, 5) is 10.8. The number of non-ortho nitro benzene ring substituents is 1. The lowest BCUT2D eigenvalue weighted by atomic mass is 10.1. The summed E-state index contributed by atoms with van der Waals surface area (Å²) in [6.07, 6.45) is 0.673. The molecule has 0 saturated carbocycles. The van der Waals surface area contributed by atoms with Crippen molar-refractivity contribution < 1.29 is 18.1 Å². The fourth-order valence-electron chi connectivity index (χ4n) is 3.46. The molecule has 2 heterocycles. The van der Waals surface area contributed by atoms with Crippen LogP contribution in [0, 0.1) is 10.1 Å². The lowest BCUT2D eigenvalue weighted by Crippen LogP contribution is -2.40. The zero-order valence-electron chi connectivity index (χ0n) is 17.8.